The van der Waals surface area contributed by atoms with Gasteiger partial charge < -0.3 is 14.6 Å². The third-order valence-electron chi connectivity index (χ3n) is 4.12. The predicted octanol–water partition coefficient (Wildman–Crippen LogP) is 3.66. The minimum absolute atomic E-state index is 0.367. The van der Waals surface area contributed by atoms with Gasteiger partial charge in [0.25, 0.3) is 0 Å². The van der Waals surface area contributed by atoms with Gasteiger partial charge in [-0.15, -0.1) is 0 Å². The zero-order chi connectivity index (χ0) is 14.7. The van der Waals surface area contributed by atoms with Crippen molar-refractivity contribution in [3.05, 3.63) is 59.5 Å². The summed E-state index contributed by atoms with van der Waals surface area (Å²) in [6.07, 6.45) is 5.22. The molecular formula is C17H20N2OS. The highest BCUT2D eigenvalue weighted by Gasteiger charge is 2.24. The van der Waals surface area contributed by atoms with Crippen molar-refractivity contribution < 1.29 is 4.42 Å². The van der Waals surface area contributed by atoms with Gasteiger partial charge in [0.1, 0.15) is 5.76 Å². The van der Waals surface area contributed by atoms with Crippen molar-refractivity contribution in [2.75, 3.05) is 7.05 Å². The van der Waals surface area contributed by atoms with Gasteiger partial charge in [-0.1, -0.05) is 24.3 Å². The average molecular weight is 300 g/mol. The highest BCUT2D eigenvalue weighted by Crippen LogP contribution is 2.33. The molecule has 1 heterocycles. The zero-order valence-corrected chi connectivity index (χ0v) is 13.0. The SMILES string of the molecule is CN(C(=S)NCc1ccco1)[C@@H]1CCCc2ccccc21. The van der Waals surface area contributed by atoms with Crippen LogP contribution in [0.3, 0.4) is 0 Å². The molecule has 21 heavy (non-hydrogen) atoms. The Morgan fingerprint density at radius 2 is 2.19 bits per heavy atom. The Morgan fingerprint density at radius 1 is 1.33 bits per heavy atom. The first kappa shape index (κ1) is 14.1. The number of hydrogen-bond acceptors (Lipinski definition) is 2. The second-order valence-corrected chi connectivity index (χ2v) is 5.84. The Hall–Kier alpha value is -1.81. The zero-order valence-electron chi connectivity index (χ0n) is 12.2. The van der Waals surface area contributed by atoms with Crippen LogP contribution < -0.4 is 5.32 Å². The minimum Gasteiger partial charge on any atom is -0.467 e. The number of furan rings is 1. The van der Waals surface area contributed by atoms with Crippen LogP contribution in [0.15, 0.2) is 47.1 Å². The fourth-order valence-corrected chi connectivity index (χ4v) is 3.17. The molecule has 110 valence electrons. The molecule has 1 aromatic heterocycles. The number of rotatable bonds is 3. The van der Waals surface area contributed by atoms with Crippen molar-refractivity contribution in [3.63, 3.8) is 0 Å². The van der Waals surface area contributed by atoms with Gasteiger partial charge >= 0.3 is 0 Å². The third-order valence-corrected chi connectivity index (χ3v) is 4.55. The summed E-state index contributed by atoms with van der Waals surface area (Å²) in [7, 11) is 2.07. The first-order chi connectivity index (χ1) is 10.3. The summed E-state index contributed by atoms with van der Waals surface area (Å²) in [5.41, 5.74) is 2.86. The molecule has 1 aliphatic rings. The number of benzene rings is 1. The van der Waals surface area contributed by atoms with E-state index in [0.29, 0.717) is 12.6 Å². The number of thiocarbonyl (C=S) groups is 1. The Bertz CT molecular complexity index is 609. The van der Waals surface area contributed by atoms with E-state index in [1.54, 1.807) is 6.26 Å². The van der Waals surface area contributed by atoms with Gasteiger partial charge in [-0.25, -0.2) is 0 Å². The Kier molecular flexibility index (Phi) is 4.25. The molecule has 0 bridgehead atoms. The quantitative estimate of drug-likeness (QED) is 0.876. The second kappa shape index (κ2) is 6.31. The summed E-state index contributed by atoms with van der Waals surface area (Å²) >= 11 is 5.53. The molecular weight excluding hydrogens is 280 g/mol. The van der Waals surface area contributed by atoms with Crippen LogP contribution in [0, 0.1) is 0 Å². The van der Waals surface area contributed by atoms with Crippen LogP contribution in [-0.2, 0) is 13.0 Å². The Balaban J connectivity index is 1.67. The lowest BCUT2D eigenvalue weighted by atomic mass is 9.87. The number of aryl methyl sites for hydroxylation is 1. The molecule has 0 radical (unpaired) electrons. The maximum atomic E-state index is 5.53. The third kappa shape index (κ3) is 3.10. The number of fused-ring (bicyclic) bond motifs is 1. The van der Waals surface area contributed by atoms with Gasteiger partial charge in [-0.2, -0.15) is 0 Å². The fourth-order valence-electron chi connectivity index (χ4n) is 2.97. The predicted molar refractivity (Wildman–Crippen MR) is 88.0 cm³/mol. The van der Waals surface area contributed by atoms with E-state index in [0.717, 1.165) is 17.3 Å². The summed E-state index contributed by atoms with van der Waals surface area (Å²) in [5, 5.41) is 4.05. The fraction of sp³-hybridized carbons (Fsp3) is 0.353. The molecule has 1 N–H and O–H groups in total. The highest BCUT2D eigenvalue weighted by atomic mass is 32.1. The molecule has 0 amide bonds. The molecule has 3 nitrogen and oxygen atoms in total. The van der Waals surface area contributed by atoms with E-state index < -0.39 is 0 Å². The van der Waals surface area contributed by atoms with E-state index in [1.165, 1.54) is 24.0 Å². The van der Waals surface area contributed by atoms with Crippen LogP contribution in [0.1, 0.15) is 35.8 Å². The van der Waals surface area contributed by atoms with E-state index in [2.05, 4.69) is 41.5 Å². The molecule has 0 aliphatic heterocycles. The average Bonchev–Trinajstić information content (AvgIpc) is 3.05. The van der Waals surface area contributed by atoms with Crippen LogP contribution >= 0.6 is 12.2 Å². The molecule has 0 saturated heterocycles. The minimum atomic E-state index is 0.367. The van der Waals surface area contributed by atoms with E-state index >= 15 is 0 Å². The Morgan fingerprint density at radius 3 is 3.00 bits per heavy atom. The molecule has 0 unspecified atom stereocenters. The number of nitrogens with one attached hydrogen (secondary N) is 1. The molecule has 0 spiro atoms. The van der Waals surface area contributed by atoms with Crippen LogP contribution in [-0.4, -0.2) is 17.1 Å². The smallest absolute Gasteiger partial charge is 0.169 e. The van der Waals surface area contributed by atoms with Gasteiger partial charge in [-0.05, 0) is 54.7 Å². The lowest BCUT2D eigenvalue weighted by Gasteiger charge is -2.35. The molecule has 1 atom stereocenters. The van der Waals surface area contributed by atoms with E-state index in [4.69, 9.17) is 16.6 Å². The summed E-state index contributed by atoms with van der Waals surface area (Å²) in [6, 6.07) is 12.9. The van der Waals surface area contributed by atoms with Crippen molar-refractivity contribution in [1.29, 1.82) is 0 Å². The number of hydrogen-bond donors (Lipinski definition) is 1. The van der Waals surface area contributed by atoms with Gasteiger partial charge in [-0.3, -0.25) is 0 Å². The molecule has 3 rings (SSSR count). The first-order valence-electron chi connectivity index (χ1n) is 7.36. The van der Waals surface area contributed by atoms with Crippen LogP contribution in [0.2, 0.25) is 0 Å². The van der Waals surface area contributed by atoms with E-state index in [9.17, 15) is 0 Å². The van der Waals surface area contributed by atoms with Crippen LogP contribution in [0.4, 0.5) is 0 Å². The molecule has 4 heteroatoms. The van der Waals surface area contributed by atoms with E-state index in [-0.39, 0.29) is 0 Å². The maximum absolute atomic E-state index is 5.53. The van der Waals surface area contributed by atoms with Crippen molar-refractivity contribution in [1.82, 2.24) is 10.2 Å². The van der Waals surface area contributed by atoms with Gasteiger partial charge in [0.2, 0.25) is 0 Å². The monoisotopic (exact) mass is 300 g/mol. The van der Waals surface area contributed by atoms with Gasteiger partial charge in [0, 0.05) is 7.05 Å². The topological polar surface area (TPSA) is 28.4 Å². The highest BCUT2D eigenvalue weighted by molar-refractivity contribution is 7.80. The first-order valence-corrected chi connectivity index (χ1v) is 7.77. The summed E-state index contributed by atoms with van der Waals surface area (Å²) < 4.78 is 5.32. The molecule has 0 fully saturated rings. The largest absolute Gasteiger partial charge is 0.467 e. The molecule has 0 saturated carbocycles. The van der Waals surface area contributed by atoms with Crippen LogP contribution in [0.5, 0.6) is 0 Å². The van der Waals surface area contributed by atoms with Crippen molar-refractivity contribution in [2.24, 2.45) is 0 Å². The summed E-state index contributed by atoms with van der Waals surface area (Å²) in [4.78, 5) is 2.18. The Labute approximate surface area is 131 Å². The van der Waals surface area contributed by atoms with Crippen molar-refractivity contribution in [2.45, 2.75) is 31.8 Å². The standard InChI is InChI=1S/C17H20N2OS/c1-19(17(21)18-12-14-8-5-11-20-14)16-10-4-7-13-6-2-3-9-15(13)16/h2-3,5-6,8-9,11,16H,4,7,10,12H2,1H3,(H,18,21)/t16-/m1/s1. The molecule has 1 aliphatic carbocycles. The molecule has 1 aromatic carbocycles. The summed E-state index contributed by atoms with van der Waals surface area (Å²) in [6.45, 7) is 0.630. The summed E-state index contributed by atoms with van der Waals surface area (Å²) in [5.74, 6) is 0.898. The van der Waals surface area contributed by atoms with Crippen LogP contribution in [0.25, 0.3) is 0 Å². The second-order valence-electron chi connectivity index (χ2n) is 5.46. The lowest BCUT2D eigenvalue weighted by molar-refractivity contribution is 0.326. The lowest BCUT2D eigenvalue weighted by Crippen LogP contribution is -2.40. The van der Waals surface area contributed by atoms with E-state index in [1.807, 2.05) is 12.1 Å². The van der Waals surface area contributed by atoms with Crippen molar-refractivity contribution in [3.8, 4) is 0 Å². The van der Waals surface area contributed by atoms with Gasteiger partial charge in [0.05, 0.1) is 18.8 Å². The molecule has 2 aromatic rings. The number of nitrogens with zero attached hydrogens (tertiary/aromatic N) is 1. The normalized spacial score (nSPS) is 17.1. The maximum Gasteiger partial charge on any atom is 0.169 e. The van der Waals surface area contributed by atoms with Crippen molar-refractivity contribution >= 4 is 17.3 Å². The van der Waals surface area contributed by atoms with Gasteiger partial charge in [0.15, 0.2) is 5.11 Å².